The molecular formula is C24H28FN3O6S. The molecule has 188 valence electrons. The van der Waals surface area contributed by atoms with Crippen LogP contribution in [0.25, 0.3) is 22.0 Å². The molecule has 35 heavy (non-hydrogen) atoms. The Morgan fingerprint density at radius 1 is 1.14 bits per heavy atom. The summed E-state index contributed by atoms with van der Waals surface area (Å²) in [5.41, 5.74) is 6.16. The number of amides is 1. The van der Waals surface area contributed by atoms with Gasteiger partial charge in [0.05, 0.1) is 17.0 Å². The fourth-order valence-corrected chi connectivity index (χ4v) is 4.79. The van der Waals surface area contributed by atoms with Crippen LogP contribution in [0.4, 0.5) is 9.18 Å². The van der Waals surface area contributed by atoms with Crippen molar-refractivity contribution in [3.8, 4) is 11.1 Å². The van der Waals surface area contributed by atoms with Crippen molar-refractivity contribution in [3.05, 3.63) is 54.0 Å². The smallest absolute Gasteiger partial charge is 0.419 e. The number of halogens is 1. The molecule has 3 aromatic rings. The summed E-state index contributed by atoms with van der Waals surface area (Å²) in [4.78, 5) is 23.7. The van der Waals surface area contributed by atoms with Gasteiger partial charge in [0.2, 0.25) is 15.9 Å². The van der Waals surface area contributed by atoms with E-state index < -0.39 is 33.4 Å². The second-order valence-electron chi connectivity index (χ2n) is 8.92. The van der Waals surface area contributed by atoms with Crippen LogP contribution < -0.4 is 10.5 Å². The molecule has 3 rings (SSSR count). The zero-order valence-electron chi connectivity index (χ0n) is 19.9. The molecule has 0 saturated heterocycles. The molecule has 2 aromatic carbocycles. The molecule has 0 aliphatic heterocycles. The molecule has 1 heterocycles. The Hall–Kier alpha value is -3.28. The van der Waals surface area contributed by atoms with E-state index in [0.29, 0.717) is 27.6 Å². The molecule has 11 heteroatoms. The van der Waals surface area contributed by atoms with E-state index in [1.54, 1.807) is 39.0 Å². The molecule has 0 bridgehead atoms. The molecule has 0 aliphatic carbocycles. The highest BCUT2D eigenvalue weighted by Crippen LogP contribution is 2.34. The molecule has 0 unspecified atom stereocenters. The van der Waals surface area contributed by atoms with Gasteiger partial charge < -0.3 is 15.2 Å². The van der Waals surface area contributed by atoms with Gasteiger partial charge in [0, 0.05) is 37.2 Å². The molecular weight excluding hydrogens is 477 g/mol. The zero-order valence-corrected chi connectivity index (χ0v) is 20.7. The number of nitrogens with zero attached hydrogens (tertiary/aromatic N) is 1. The number of carbonyl (C=O) groups excluding carboxylic acids is 2. The van der Waals surface area contributed by atoms with Crippen molar-refractivity contribution in [2.75, 3.05) is 13.7 Å². The first-order chi connectivity index (χ1) is 16.3. The predicted molar refractivity (Wildman–Crippen MR) is 129 cm³/mol. The Balaban J connectivity index is 2.10. The fourth-order valence-electron chi connectivity index (χ4n) is 3.56. The first-order valence-corrected chi connectivity index (χ1v) is 12.2. The van der Waals surface area contributed by atoms with Crippen LogP contribution in [0.5, 0.6) is 0 Å². The Labute approximate surface area is 203 Å². The number of methoxy groups -OCH3 is 1. The van der Waals surface area contributed by atoms with Gasteiger partial charge in [-0.05, 0) is 62.2 Å². The van der Waals surface area contributed by atoms with E-state index in [9.17, 15) is 22.4 Å². The zero-order chi connectivity index (χ0) is 26.0. The molecule has 3 N–H and O–H groups in total. The van der Waals surface area contributed by atoms with Crippen LogP contribution in [-0.4, -0.2) is 44.2 Å². The van der Waals surface area contributed by atoms with E-state index in [2.05, 4.69) is 4.72 Å². The SMILES string of the molecule is COCc1cc(-c2cn(C(=O)OC(C)(C)C)c3cc(F)ccc23)ccc1S(=O)(=O)NCCC(N)=O. The molecule has 0 spiro atoms. The van der Waals surface area contributed by atoms with E-state index >= 15 is 0 Å². The number of nitrogens with two attached hydrogens (primary N) is 1. The van der Waals surface area contributed by atoms with Crippen LogP contribution in [-0.2, 0) is 30.9 Å². The third-order valence-corrected chi connectivity index (χ3v) is 6.54. The molecule has 9 nitrogen and oxygen atoms in total. The van der Waals surface area contributed by atoms with Crippen molar-refractivity contribution in [2.45, 2.75) is 44.3 Å². The van der Waals surface area contributed by atoms with Crippen molar-refractivity contribution >= 4 is 32.9 Å². The summed E-state index contributed by atoms with van der Waals surface area (Å²) in [5, 5.41) is 0.579. The number of nitrogens with one attached hydrogen (secondary N) is 1. The standard InChI is InChI=1S/C24H28FN3O6S/c1-24(2,3)34-23(30)28-13-19(18-7-6-17(25)12-20(18)28)15-5-8-21(16(11-15)14-33-4)35(31,32)27-10-9-22(26)29/h5-8,11-13,27H,9-10,14H2,1-4H3,(H2,26,29). The maximum Gasteiger partial charge on any atom is 0.419 e. The summed E-state index contributed by atoms with van der Waals surface area (Å²) in [6.45, 7) is 5.03. The lowest BCUT2D eigenvalue weighted by Gasteiger charge is -2.19. The van der Waals surface area contributed by atoms with Crippen LogP contribution in [0.1, 0.15) is 32.8 Å². The van der Waals surface area contributed by atoms with Gasteiger partial charge >= 0.3 is 6.09 Å². The van der Waals surface area contributed by atoms with Gasteiger partial charge in [-0.15, -0.1) is 0 Å². The number of aromatic nitrogens is 1. The van der Waals surface area contributed by atoms with Crippen LogP contribution in [0.15, 0.2) is 47.5 Å². The summed E-state index contributed by atoms with van der Waals surface area (Å²) < 4.78 is 53.9. The predicted octanol–water partition coefficient (Wildman–Crippen LogP) is 3.53. The van der Waals surface area contributed by atoms with Gasteiger partial charge in [0.1, 0.15) is 11.4 Å². The normalized spacial score (nSPS) is 12.1. The van der Waals surface area contributed by atoms with E-state index in [1.807, 2.05) is 0 Å². The number of primary amides is 1. The van der Waals surface area contributed by atoms with Crippen LogP contribution in [0.3, 0.4) is 0 Å². The van der Waals surface area contributed by atoms with Gasteiger partial charge in [-0.2, -0.15) is 0 Å². The highest BCUT2D eigenvalue weighted by atomic mass is 32.2. The minimum Gasteiger partial charge on any atom is -0.443 e. The average molecular weight is 506 g/mol. The summed E-state index contributed by atoms with van der Waals surface area (Å²) in [5.74, 6) is -1.14. The van der Waals surface area contributed by atoms with Crippen molar-refractivity contribution < 1.29 is 31.9 Å². The monoisotopic (exact) mass is 505 g/mol. The number of rotatable bonds is 8. The molecule has 0 saturated carbocycles. The van der Waals surface area contributed by atoms with Gasteiger partial charge in [0.15, 0.2) is 0 Å². The highest BCUT2D eigenvalue weighted by Gasteiger charge is 2.23. The number of sulfonamides is 1. The maximum atomic E-state index is 14.0. The minimum absolute atomic E-state index is 0.0146. The lowest BCUT2D eigenvalue weighted by Crippen LogP contribution is -2.28. The van der Waals surface area contributed by atoms with Crippen LogP contribution in [0.2, 0.25) is 0 Å². The summed E-state index contributed by atoms with van der Waals surface area (Å²) in [6.07, 6.45) is 0.718. The summed E-state index contributed by atoms with van der Waals surface area (Å²) in [6, 6.07) is 8.69. The Bertz CT molecular complexity index is 1380. The number of benzene rings is 2. The number of hydrogen-bond acceptors (Lipinski definition) is 6. The average Bonchev–Trinajstić information content (AvgIpc) is 3.11. The number of fused-ring (bicyclic) bond motifs is 1. The number of carbonyl (C=O) groups is 2. The third-order valence-electron chi connectivity index (χ3n) is 4.98. The third kappa shape index (κ3) is 6.24. The highest BCUT2D eigenvalue weighted by molar-refractivity contribution is 7.89. The van der Waals surface area contributed by atoms with Gasteiger partial charge in [-0.25, -0.2) is 22.3 Å². The lowest BCUT2D eigenvalue weighted by molar-refractivity contribution is -0.117. The number of hydrogen-bond donors (Lipinski definition) is 2. The summed E-state index contributed by atoms with van der Waals surface area (Å²) >= 11 is 0. The Morgan fingerprint density at radius 2 is 1.86 bits per heavy atom. The largest absolute Gasteiger partial charge is 0.443 e. The molecule has 1 aromatic heterocycles. The second kappa shape index (κ2) is 10.1. The fraction of sp³-hybridized carbons (Fsp3) is 0.333. The first-order valence-electron chi connectivity index (χ1n) is 10.8. The van der Waals surface area contributed by atoms with Crippen molar-refractivity contribution in [1.29, 1.82) is 0 Å². The van der Waals surface area contributed by atoms with Gasteiger partial charge in [-0.3, -0.25) is 9.36 Å². The number of ether oxygens (including phenoxy) is 2. The van der Waals surface area contributed by atoms with Crippen LogP contribution >= 0.6 is 0 Å². The summed E-state index contributed by atoms with van der Waals surface area (Å²) in [7, 11) is -2.52. The van der Waals surface area contributed by atoms with Gasteiger partial charge in [0.25, 0.3) is 0 Å². The topological polar surface area (TPSA) is 130 Å². The minimum atomic E-state index is -3.95. The molecule has 0 radical (unpaired) electrons. The molecule has 0 fully saturated rings. The second-order valence-corrected chi connectivity index (χ2v) is 10.7. The molecule has 1 amide bonds. The van der Waals surface area contributed by atoms with Crippen molar-refractivity contribution in [3.63, 3.8) is 0 Å². The van der Waals surface area contributed by atoms with Crippen molar-refractivity contribution in [2.24, 2.45) is 5.73 Å². The van der Waals surface area contributed by atoms with Crippen molar-refractivity contribution in [1.82, 2.24) is 9.29 Å². The van der Waals surface area contributed by atoms with Crippen LogP contribution in [0, 0.1) is 5.82 Å². The first kappa shape index (κ1) is 26.3. The Morgan fingerprint density at radius 3 is 2.49 bits per heavy atom. The molecule has 0 aliphatic rings. The Kier molecular flexibility index (Phi) is 7.63. The molecule has 0 atom stereocenters. The van der Waals surface area contributed by atoms with E-state index in [0.717, 1.165) is 0 Å². The quantitative estimate of drug-likeness (QED) is 0.482. The lowest BCUT2D eigenvalue weighted by atomic mass is 10.0. The van der Waals surface area contributed by atoms with E-state index in [1.165, 1.54) is 36.1 Å². The van der Waals surface area contributed by atoms with E-state index in [4.69, 9.17) is 15.2 Å². The van der Waals surface area contributed by atoms with E-state index in [-0.39, 0.29) is 24.5 Å². The van der Waals surface area contributed by atoms with Gasteiger partial charge in [-0.1, -0.05) is 6.07 Å². The maximum absolute atomic E-state index is 14.0.